The Hall–Kier alpha value is -2.56. The van der Waals surface area contributed by atoms with Crippen molar-refractivity contribution in [2.45, 2.75) is 19.4 Å². The fourth-order valence-corrected chi connectivity index (χ4v) is 3.90. The lowest BCUT2D eigenvalue weighted by atomic mass is 9.99. The zero-order chi connectivity index (χ0) is 20.6. The van der Waals surface area contributed by atoms with E-state index in [-0.39, 0.29) is 18.2 Å². The van der Waals surface area contributed by atoms with Crippen LogP contribution in [0.3, 0.4) is 0 Å². The molecule has 31 heavy (non-hydrogen) atoms. The van der Waals surface area contributed by atoms with Crippen molar-refractivity contribution in [3.63, 3.8) is 0 Å². The molecule has 164 valence electrons. The van der Waals surface area contributed by atoms with Crippen LogP contribution in [0.15, 0.2) is 78.9 Å². The summed E-state index contributed by atoms with van der Waals surface area (Å²) in [5.74, 6) is 2.18. The van der Waals surface area contributed by atoms with Crippen molar-refractivity contribution in [3.8, 4) is 11.5 Å². The molecular formula is C26H29ClFNO2. The fraction of sp³-hybridized carbons (Fsp3) is 0.308. The lowest BCUT2D eigenvalue weighted by Gasteiger charge is -2.16. The molecule has 0 N–H and O–H groups in total. The second-order valence-electron chi connectivity index (χ2n) is 7.88. The monoisotopic (exact) mass is 441 g/mol. The summed E-state index contributed by atoms with van der Waals surface area (Å²) in [4.78, 5) is 2.45. The molecule has 1 fully saturated rings. The zero-order valence-electron chi connectivity index (χ0n) is 17.6. The molecule has 1 unspecified atom stereocenters. The third kappa shape index (κ3) is 7.27. The third-order valence-electron chi connectivity index (χ3n) is 5.56. The highest BCUT2D eigenvalue weighted by molar-refractivity contribution is 5.85. The van der Waals surface area contributed by atoms with E-state index >= 15 is 0 Å². The van der Waals surface area contributed by atoms with E-state index in [1.165, 1.54) is 12.0 Å². The van der Waals surface area contributed by atoms with Crippen LogP contribution in [0, 0.1) is 11.7 Å². The van der Waals surface area contributed by atoms with Gasteiger partial charge in [-0.3, -0.25) is 4.90 Å². The summed E-state index contributed by atoms with van der Waals surface area (Å²) in [6.07, 6.45) is 2.20. The smallest absolute Gasteiger partial charge is 0.123 e. The van der Waals surface area contributed by atoms with Crippen LogP contribution in [-0.4, -0.2) is 31.1 Å². The highest BCUT2D eigenvalue weighted by Gasteiger charge is 2.22. The summed E-state index contributed by atoms with van der Waals surface area (Å²) < 4.78 is 24.8. The molecule has 0 amide bonds. The number of hydrogen-bond donors (Lipinski definition) is 0. The topological polar surface area (TPSA) is 21.7 Å². The number of benzene rings is 3. The van der Waals surface area contributed by atoms with E-state index in [1.54, 1.807) is 12.1 Å². The minimum atomic E-state index is -0.167. The van der Waals surface area contributed by atoms with E-state index < -0.39 is 0 Å². The maximum Gasteiger partial charge on any atom is 0.123 e. The van der Waals surface area contributed by atoms with Gasteiger partial charge in [-0.15, -0.1) is 12.4 Å². The Kier molecular flexibility index (Phi) is 8.74. The molecule has 1 heterocycles. The zero-order valence-corrected chi connectivity index (χ0v) is 18.4. The average Bonchev–Trinajstić information content (AvgIpc) is 3.23. The number of ether oxygens (including phenoxy) is 2. The highest BCUT2D eigenvalue weighted by atomic mass is 35.5. The first-order chi connectivity index (χ1) is 14.7. The number of halogens is 2. The van der Waals surface area contributed by atoms with Crippen LogP contribution in [-0.2, 0) is 13.0 Å². The summed E-state index contributed by atoms with van der Waals surface area (Å²) in [5, 5.41) is 0. The molecule has 0 aliphatic carbocycles. The van der Waals surface area contributed by atoms with Gasteiger partial charge in [0, 0.05) is 13.1 Å². The number of likely N-dealkylation sites (tertiary alicyclic amines) is 1. The van der Waals surface area contributed by atoms with E-state index in [0.717, 1.165) is 43.1 Å². The second-order valence-corrected chi connectivity index (χ2v) is 7.88. The van der Waals surface area contributed by atoms with Crippen molar-refractivity contribution in [1.29, 1.82) is 0 Å². The number of nitrogens with zero attached hydrogens (tertiary/aromatic N) is 1. The predicted octanol–water partition coefficient (Wildman–Crippen LogP) is 5.77. The number of rotatable bonds is 9. The molecule has 0 saturated carbocycles. The molecule has 0 radical (unpaired) electrons. The Morgan fingerprint density at radius 3 is 2.19 bits per heavy atom. The van der Waals surface area contributed by atoms with Gasteiger partial charge in [0.05, 0.1) is 0 Å². The second kappa shape index (κ2) is 11.7. The lowest BCUT2D eigenvalue weighted by Crippen LogP contribution is -2.26. The molecule has 1 atom stereocenters. The maximum atomic E-state index is 13.0. The van der Waals surface area contributed by atoms with Gasteiger partial charge in [-0.25, -0.2) is 4.39 Å². The minimum absolute atomic E-state index is 0. The molecule has 0 bridgehead atoms. The first-order valence-electron chi connectivity index (χ1n) is 10.6. The van der Waals surface area contributed by atoms with Crippen molar-refractivity contribution < 1.29 is 13.9 Å². The molecule has 1 aliphatic rings. The van der Waals surface area contributed by atoms with Gasteiger partial charge in [0.15, 0.2) is 0 Å². The van der Waals surface area contributed by atoms with Crippen LogP contribution in [0.4, 0.5) is 4.39 Å². The standard InChI is InChI=1S/C26H28FNO2.ClH/c27-24-8-6-21(7-9-24)18-23-14-15-28(19-23)16-17-29-25-10-12-26(13-11-25)30-20-22-4-2-1-3-5-22;/h1-13,23H,14-20H2;1H. The first-order valence-corrected chi connectivity index (χ1v) is 10.6. The summed E-state index contributed by atoms with van der Waals surface area (Å²) in [6, 6.07) is 24.9. The van der Waals surface area contributed by atoms with Crippen LogP contribution in [0.1, 0.15) is 17.5 Å². The Labute approximate surface area is 190 Å². The predicted molar refractivity (Wildman–Crippen MR) is 125 cm³/mol. The van der Waals surface area contributed by atoms with Crippen LogP contribution in [0.25, 0.3) is 0 Å². The van der Waals surface area contributed by atoms with Crippen molar-refractivity contribution in [2.24, 2.45) is 5.92 Å². The van der Waals surface area contributed by atoms with Gasteiger partial charge in [0.1, 0.15) is 30.5 Å². The van der Waals surface area contributed by atoms with Crippen LogP contribution in [0.2, 0.25) is 0 Å². The van der Waals surface area contributed by atoms with Crippen LogP contribution < -0.4 is 9.47 Å². The molecule has 5 heteroatoms. The van der Waals surface area contributed by atoms with E-state index in [4.69, 9.17) is 9.47 Å². The SMILES string of the molecule is Cl.Fc1ccc(CC2CCN(CCOc3ccc(OCc4ccccc4)cc3)C2)cc1. The summed E-state index contributed by atoms with van der Waals surface area (Å²) in [7, 11) is 0. The Bertz CT molecular complexity index is 903. The Morgan fingerprint density at radius 2 is 1.48 bits per heavy atom. The molecule has 3 aromatic carbocycles. The van der Waals surface area contributed by atoms with Crippen molar-refractivity contribution >= 4 is 12.4 Å². The van der Waals surface area contributed by atoms with Gasteiger partial charge in [0.25, 0.3) is 0 Å². The summed E-state index contributed by atoms with van der Waals surface area (Å²) >= 11 is 0. The van der Waals surface area contributed by atoms with E-state index in [9.17, 15) is 4.39 Å². The third-order valence-corrected chi connectivity index (χ3v) is 5.56. The van der Waals surface area contributed by atoms with Crippen molar-refractivity contribution in [2.75, 3.05) is 26.2 Å². The van der Waals surface area contributed by atoms with E-state index in [0.29, 0.717) is 19.1 Å². The molecule has 1 saturated heterocycles. The molecule has 4 rings (SSSR count). The molecule has 1 aliphatic heterocycles. The van der Waals surface area contributed by atoms with Crippen molar-refractivity contribution in [1.82, 2.24) is 4.90 Å². The number of hydrogen-bond acceptors (Lipinski definition) is 3. The van der Waals surface area contributed by atoms with Gasteiger partial charge >= 0.3 is 0 Å². The van der Waals surface area contributed by atoms with E-state index in [2.05, 4.69) is 17.0 Å². The molecular weight excluding hydrogens is 413 g/mol. The van der Waals surface area contributed by atoms with Crippen LogP contribution >= 0.6 is 12.4 Å². The summed E-state index contributed by atoms with van der Waals surface area (Å²) in [5.41, 5.74) is 2.37. The fourth-order valence-electron chi connectivity index (χ4n) is 3.90. The molecule has 0 spiro atoms. The average molecular weight is 442 g/mol. The highest BCUT2D eigenvalue weighted by Crippen LogP contribution is 2.22. The largest absolute Gasteiger partial charge is 0.492 e. The first kappa shape index (κ1) is 23.1. The van der Waals surface area contributed by atoms with Gasteiger partial charge in [-0.1, -0.05) is 42.5 Å². The summed E-state index contributed by atoms with van der Waals surface area (Å²) in [6.45, 7) is 4.34. The minimum Gasteiger partial charge on any atom is -0.492 e. The van der Waals surface area contributed by atoms with Gasteiger partial charge in [-0.05, 0) is 72.8 Å². The lowest BCUT2D eigenvalue weighted by molar-refractivity contribution is 0.232. The van der Waals surface area contributed by atoms with Gasteiger partial charge < -0.3 is 9.47 Å². The Morgan fingerprint density at radius 1 is 0.806 bits per heavy atom. The van der Waals surface area contributed by atoms with E-state index in [1.807, 2.05) is 54.6 Å². The maximum absolute atomic E-state index is 13.0. The molecule has 0 aromatic heterocycles. The molecule has 3 nitrogen and oxygen atoms in total. The van der Waals surface area contributed by atoms with Crippen molar-refractivity contribution in [3.05, 3.63) is 95.8 Å². The van der Waals surface area contributed by atoms with Crippen LogP contribution in [0.5, 0.6) is 11.5 Å². The molecule has 3 aromatic rings. The van der Waals surface area contributed by atoms with Gasteiger partial charge in [0.2, 0.25) is 0 Å². The normalized spacial score (nSPS) is 16.0. The van der Waals surface area contributed by atoms with Gasteiger partial charge in [-0.2, -0.15) is 0 Å². The Balaban J connectivity index is 0.00000272. The quantitative estimate of drug-likeness (QED) is 0.420.